The second-order valence-electron chi connectivity index (χ2n) is 6.64. The Hall–Kier alpha value is -1.57. The molecule has 4 nitrogen and oxygen atoms in total. The minimum absolute atomic E-state index is 0.00439. The van der Waals surface area contributed by atoms with E-state index in [1.165, 1.54) is 19.3 Å². The number of carbonyl (C=O) groups excluding carboxylic acids is 1. The maximum absolute atomic E-state index is 12.7. The van der Waals surface area contributed by atoms with Crippen LogP contribution >= 0.6 is 11.6 Å². The quantitative estimate of drug-likeness (QED) is 0.844. The average molecular weight is 348 g/mol. The molecule has 1 aromatic rings. The monoisotopic (exact) mass is 347 g/mol. The van der Waals surface area contributed by atoms with Crippen LogP contribution in [0.4, 0.5) is 5.69 Å². The molecule has 1 N–H and O–H groups in total. The van der Waals surface area contributed by atoms with E-state index in [-0.39, 0.29) is 5.91 Å². The Labute approximate surface area is 149 Å². The molecule has 0 aromatic heterocycles. The second-order valence-corrected chi connectivity index (χ2v) is 7.04. The molecule has 0 radical (unpaired) electrons. The zero-order valence-corrected chi connectivity index (χ0v) is 15.3. The lowest BCUT2D eigenvalue weighted by molar-refractivity contribution is -0.118. The number of anilines is 1. The number of halogens is 1. The van der Waals surface area contributed by atoms with E-state index in [0.29, 0.717) is 36.5 Å². The van der Waals surface area contributed by atoms with Crippen molar-refractivity contribution in [2.45, 2.75) is 52.0 Å². The average Bonchev–Trinajstić information content (AvgIpc) is 2.57. The van der Waals surface area contributed by atoms with Gasteiger partial charge in [0.05, 0.1) is 19.0 Å². The van der Waals surface area contributed by atoms with Crippen LogP contribution in [0.1, 0.15) is 44.6 Å². The van der Waals surface area contributed by atoms with Crippen LogP contribution in [0, 0.1) is 24.2 Å². The molecule has 0 bridgehead atoms. The fourth-order valence-electron chi connectivity index (χ4n) is 3.29. The number of hydrogen-bond donors (Lipinski definition) is 1. The van der Waals surface area contributed by atoms with Crippen LogP contribution in [-0.4, -0.2) is 25.0 Å². The first kappa shape index (κ1) is 18.8. The molecule has 0 aliphatic heterocycles. The lowest BCUT2D eigenvalue weighted by Crippen LogP contribution is -2.45. The summed E-state index contributed by atoms with van der Waals surface area (Å²) in [6, 6.07) is 8.08. The van der Waals surface area contributed by atoms with Crippen molar-refractivity contribution in [1.29, 1.82) is 5.26 Å². The van der Waals surface area contributed by atoms with Crippen LogP contribution in [0.2, 0.25) is 5.02 Å². The Kier molecular flexibility index (Phi) is 7.08. The Morgan fingerprint density at radius 2 is 2.17 bits per heavy atom. The number of nitrogens with zero attached hydrogens (tertiary/aromatic N) is 2. The Bertz CT molecular complexity index is 611. The molecule has 0 heterocycles. The van der Waals surface area contributed by atoms with E-state index < -0.39 is 0 Å². The third-order valence-electron chi connectivity index (χ3n) is 4.83. The molecule has 2 rings (SSSR count). The number of amides is 1. The first-order chi connectivity index (χ1) is 11.5. The largest absolute Gasteiger partial charge is 0.310 e. The summed E-state index contributed by atoms with van der Waals surface area (Å²) in [6.45, 7) is 4.87. The van der Waals surface area contributed by atoms with Crippen molar-refractivity contribution in [3.63, 3.8) is 0 Å². The maximum Gasteiger partial charge on any atom is 0.240 e. The summed E-state index contributed by atoms with van der Waals surface area (Å²) in [4.78, 5) is 14.4. The minimum atomic E-state index is 0.00439. The standard InChI is InChI=1S/C19H26ClN3O/c1-14-6-3-4-7-18(14)22-13-19(24)23(11-5-10-21)16-8-9-17(20)15(2)12-16/h8-9,12,14,18,22H,3-7,11,13H2,1-2H3. The first-order valence-corrected chi connectivity index (χ1v) is 9.07. The number of aryl methyl sites for hydroxylation is 1. The summed E-state index contributed by atoms with van der Waals surface area (Å²) in [5, 5.41) is 13.0. The van der Waals surface area contributed by atoms with Crippen LogP contribution in [0.3, 0.4) is 0 Å². The Morgan fingerprint density at radius 3 is 2.83 bits per heavy atom. The second kappa shape index (κ2) is 9.05. The van der Waals surface area contributed by atoms with Crippen molar-refractivity contribution in [3.8, 4) is 6.07 Å². The molecule has 1 aliphatic carbocycles. The van der Waals surface area contributed by atoms with Gasteiger partial charge in [-0.2, -0.15) is 5.26 Å². The number of hydrogen-bond acceptors (Lipinski definition) is 3. The predicted octanol–water partition coefficient (Wildman–Crippen LogP) is 4.06. The molecular weight excluding hydrogens is 322 g/mol. The van der Waals surface area contributed by atoms with Crippen LogP contribution in [0.5, 0.6) is 0 Å². The molecule has 1 aromatic carbocycles. The Balaban J connectivity index is 2.04. The van der Waals surface area contributed by atoms with Crippen molar-refractivity contribution in [2.24, 2.45) is 5.92 Å². The van der Waals surface area contributed by atoms with E-state index in [0.717, 1.165) is 17.7 Å². The van der Waals surface area contributed by atoms with E-state index in [1.807, 2.05) is 19.1 Å². The van der Waals surface area contributed by atoms with Gasteiger partial charge in [0.1, 0.15) is 0 Å². The normalized spacial score (nSPS) is 20.4. The van der Waals surface area contributed by atoms with Crippen molar-refractivity contribution < 1.29 is 4.79 Å². The van der Waals surface area contributed by atoms with Gasteiger partial charge in [-0.25, -0.2) is 0 Å². The van der Waals surface area contributed by atoms with Crippen LogP contribution in [0.25, 0.3) is 0 Å². The fourth-order valence-corrected chi connectivity index (χ4v) is 3.41. The molecule has 130 valence electrons. The number of rotatable bonds is 6. The van der Waals surface area contributed by atoms with Gasteiger partial charge in [0.2, 0.25) is 5.91 Å². The molecule has 2 unspecified atom stereocenters. The highest BCUT2D eigenvalue weighted by molar-refractivity contribution is 6.31. The topological polar surface area (TPSA) is 56.1 Å². The minimum Gasteiger partial charge on any atom is -0.310 e. The fraction of sp³-hybridized carbons (Fsp3) is 0.579. The van der Waals surface area contributed by atoms with Gasteiger partial charge in [-0.1, -0.05) is 31.4 Å². The van der Waals surface area contributed by atoms with Gasteiger partial charge in [-0.3, -0.25) is 4.79 Å². The predicted molar refractivity (Wildman–Crippen MR) is 98.2 cm³/mol. The number of carbonyl (C=O) groups is 1. The Morgan fingerprint density at radius 1 is 1.42 bits per heavy atom. The summed E-state index contributed by atoms with van der Waals surface area (Å²) >= 11 is 6.08. The third-order valence-corrected chi connectivity index (χ3v) is 5.25. The van der Waals surface area contributed by atoms with Gasteiger partial charge in [0.15, 0.2) is 0 Å². The molecule has 1 saturated carbocycles. The highest BCUT2D eigenvalue weighted by atomic mass is 35.5. The zero-order valence-electron chi connectivity index (χ0n) is 14.5. The van der Waals surface area contributed by atoms with Gasteiger partial charge >= 0.3 is 0 Å². The molecule has 0 spiro atoms. The molecule has 1 fully saturated rings. The van der Waals surface area contributed by atoms with Crippen molar-refractivity contribution in [1.82, 2.24) is 5.32 Å². The SMILES string of the molecule is Cc1cc(N(CCC#N)C(=O)CNC2CCCCC2C)ccc1Cl. The highest BCUT2D eigenvalue weighted by Crippen LogP contribution is 2.25. The number of benzene rings is 1. The third kappa shape index (κ3) is 4.96. The summed E-state index contributed by atoms with van der Waals surface area (Å²) in [5.74, 6) is 0.613. The van der Waals surface area contributed by atoms with Crippen LogP contribution in [-0.2, 0) is 4.79 Å². The molecule has 1 amide bonds. The van der Waals surface area contributed by atoms with E-state index in [9.17, 15) is 4.79 Å². The van der Waals surface area contributed by atoms with Crippen molar-refractivity contribution in [2.75, 3.05) is 18.0 Å². The van der Waals surface area contributed by atoms with E-state index in [2.05, 4.69) is 18.3 Å². The first-order valence-electron chi connectivity index (χ1n) is 8.69. The van der Waals surface area contributed by atoms with E-state index >= 15 is 0 Å². The van der Waals surface area contributed by atoms with E-state index in [1.54, 1.807) is 11.0 Å². The van der Waals surface area contributed by atoms with Crippen molar-refractivity contribution >= 4 is 23.2 Å². The maximum atomic E-state index is 12.7. The lowest BCUT2D eigenvalue weighted by Gasteiger charge is -2.30. The molecule has 24 heavy (non-hydrogen) atoms. The van der Waals surface area contributed by atoms with Gasteiger partial charge in [0.25, 0.3) is 0 Å². The molecule has 0 saturated heterocycles. The molecule has 1 aliphatic rings. The lowest BCUT2D eigenvalue weighted by atomic mass is 9.86. The zero-order chi connectivity index (χ0) is 17.5. The van der Waals surface area contributed by atoms with Crippen molar-refractivity contribution in [3.05, 3.63) is 28.8 Å². The number of nitrogens with one attached hydrogen (secondary N) is 1. The molecular formula is C19H26ClN3O. The summed E-state index contributed by atoms with van der Waals surface area (Å²) in [5.41, 5.74) is 1.73. The molecule has 5 heteroatoms. The number of nitriles is 1. The van der Waals surface area contributed by atoms with Gasteiger partial charge in [-0.05, 0) is 49.4 Å². The van der Waals surface area contributed by atoms with E-state index in [4.69, 9.17) is 16.9 Å². The highest BCUT2D eigenvalue weighted by Gasteiger charge is 2.23. The van der Waals surface area contributed by atoms with Crippen LogP contribution < -0.4 is 10.2 Å². The summed E-state index contributed by atoms with van der Waals surface area (Å²) in [7, 11) is 0. The van der Waals surface area contributed by atoms with Gasteiger partial charge in [0, 0.05) is 23.3 Å². The van der Waals surface area contributed by atoms with Gasteiger partial charge in [-0.15, -0.1) is 0 Å². The molecule has 2 atom stereocenters. The summed E-state index contributed by atoms with van der Waals surface area (Å²) in [6.07, 6.45) is 5.18. The van der Waals surface area contributed by atoms with Gasteiger partial charge < -0.3 is 10.2 Å². The summed E-state index contributed by atoms with van der Waals surface area (Å²) < 4.78 is 0. The smallest absolute Gasteiger partial charge is 0.240 e. The van der Waals surface area contributed by atoms with Crippen LogP contribution in [0.15, 0.2) is 18.2 Å².